The van der Waals surface area contributed by atoms with Crippen molar-refractivity contribution in [3.8, 4) is 0 Å². The second-order valence-corrected chi connectivity index (χ2v) is 2.98. The first kappa shape index (κ1) is 12.0. The number of primary amides is 1. The molecule has 0 spiro atoms. The van der Waals surface area contributed by atoms with Crippen LogP contribution in [0.2, 0.25) is 0 Å². The van der Waals surface area contributed by atoms with Crippen LogP contribution in [0.25, 0.3) is 0 Å². The molecule has 72 valence electrons. The van der Waals surface area contributed by atoms with Crippen LogP contribution in [0.15, 0.2) is 29.2 Å². The topological polar surface area (TPSA) is 43.1 Å². The Morgan fingerprint density at radius 3 is 2.46 bits per heavy atom. The molecule has 0 bridgehead atoms. The van der Waals surface area contributed by atoms with Gasteiger partial charge in [0.2, 0.25) is 5.91 Å². The summed E-state index contributed by atoms with van der Waals surface area (Å²) in [5.41, 5.74) is 5.66. The van der Waals surface area contributed by atoms with Gasteiger partial charge in [-0.25, -0.2) is 0 Å². The Labute approximate surface area is 83.5 Å². The number of carbonyl (C=O) groups excluding carboxylic acids is 1. The van der Waals surface area contributed by atoms with Crippen molar-refractivity contribution in [2.45, 2.75) is 18.7 Å². The Morgan fingerprint density at radius 1 is 1.38 bits per heavy atom. The molecule has 0 atom stereocenters. The summed E-state index contributed by atoms with van der Waals surface area (Å²) in [7, 11) is 0. The highest BCUT2D eigenvalue weighted by Crippen LogP contribution is 2.15. The summed E-state index contributed by atoms with van der Waals surface area (Å²) >= 11 is 1.59. The van der Waals surface area contributed by atoms with Gasteiger partial charge in [0.05, 0.1) is 0 Å². The van der Waals surface area contributed by atoms with Crippen LogP contribution in [-0.4, -0.2) is 12.2 Å². The minimum atomic E-state index is -0.374. The van der Waals surface area contributed by atoms with E-state index in [0.717, 1.165) is 4.90 Å². The Morgan fingerprint density at radius 2 is 2.00 bits per heavy atom. The Balaban J connectivity index is 0.000000671. The molecule has 0 fully saturated rings. The third-order valence-corrected chi connectivity index (χ3v) is 2.08. The number of nitrogens with two attached hydrogens (primary N) is 1. The van der Waals surface area contributed by atoms with Crippen LogP contribution in [0.4, 0.5) is 0 Å². The zero-order valence-corrected chi connectivity index (χ0v) is 9.02. The quantitative estimate of drug-likeness (QED) is 0.740. The molecule has 0 unspecified atom stereocenters. The van der Waals surface area contributed by atoms with Gasteiger partial charge in [0, 0.05) is 10.5 Å². The van der Waals surface area contributed by atoms with Crippen molar-refractivity contribution >= 4 is 17.7 Å². The molecule has 2 nitrogen and oxygen atoms in total. The molecule has 0 radical (unpaired) electrons. The van der Waals surface area contributed by atoms with E-state index in [1.165, 1.54) is 0 Å². The van der Waals surface area contributed by atoms with Gasteiger partial charge in [-0.05, 0) is 24.5 Å². The largest absolute Gasteiger partial charge is 0.366 e. The lowest BCUT2D eigenvalue weighted by Gasteiger charge is -1.97. The van der Waals surface area contributed by atoms with Gasteiger partial charge < -0.3 is 5.73 Å². The van der Waals surface area contributed by atoms with Gasteiger partial charge in [0.1, 0.15) is 0 Å². The summed E-state index contributed by atoms with van der Waals surface area (Å²) < 4.78 is 0. The third-order valence-electron chi connectivity index (χ3n) is 1.35. The lowest BCUT2D eigenvalue weighted by molar-refractivity contribution is 0.1000. The normalized spacial score (nSPS) is 8.54. The summed E-state index contributed by atoms with van der Waals surface area (Å²) in [5, 5.41) is 0. The predicted molar refractivity (Wildman–Crippen MR) is 58.1 cm³/mol. The second-order valence-electron chi connectivity index (χ2n) is 2.10. The van der Waals surface area contributed by atoms with Crippen LogP contribution in [0.3, 0.4) is 0 Å². The second kappa shape index (κ2) is 6.54. The van der Waals surface area contributed by atoms with Crippen molar-refractivity contribution in [2.75, 3.05) is 6.26 Å². The summed E-state index contributed by atoms with van der Waals surface area (Å²) in [6.07, 6.45) is 1.96. The number of benzene rings is 1. The first-order valence-electron chi connectivity index (χ1n) is 4.18. The van der Waals surface area contributed by atoms with Crippen LogP contribution < -0.4 is 5.73 Å². The van der Waals surface area contributed by atoms with Crippen molar-refractivity contribution in [1.82, 2.24) is 0 Å². The minimum Gasteiger partial charge on any atom is -0.366 e. The molecule has 13 heavy (non-hydrogen) atoms. The summed E-state index contributed by atoms with van der Waals surface area (Å²) in [5.74, 6) is -0.374. The summed E-state index contributed by atoms with van der Waals surface area (Å²) in [6.45, 7) is 4.00. The van der Waals surface area contributed by atoms with Crippen molar-refractivity contribution in [2.24, 2.45) is 5.73 Å². The highest BCUT2D eigenvalue weighted by molar-refractivity contribution is 7.98. The fourth-order valence-electron chi connectivity index (χ4n) is 0.776. The van der Waals surface area contributed by atoms with E-state index in [1.54, 1.807) is 23.9 Å². The Kier molecular flexibility index (Phi) is 6.06. The smallest absolute Gasteiger partial charge is 0.248 e. The van der Waals surface area contributed by atoms with E-state index < -0.39 is 0 Å². The van der Waals surface area contributed by atoms with Gasteiger partial charge in [-0.2, -0.15) is 0 Å². The molecule has 2 N–H and O–H groups in total. The molecule has 1 rings (SSSR count). The first-order valence-corrected chi connectivity index (χ1v) is 5.40. The number of amides is 1. The molecule has 3 heteroatoms. The van der Waals surface area contributed by atoms with Crippen LogP contribution in [-0.2, 0) is 0 Å². The van der Waals surface area contributed by atoms with E-state index in [-0.39, 0.29) is 5.91 Å². The molecule has 0 saturated heterocycles. The van der Waals surface area contributed by atoms with Crippen LogP contribution in [0.1, 0.15) is 24.2 Å². The van der Waals surface area contributed by atoms with Crippen LogP contribution in [0.5, 0.6) is 0 Å². The molecule has 1 amide bonds. The standard InChI is InChI=1S/C8H9NOS.C2H6/c1-11-7-4-2-3-6(5-7)8(9)10;1-2/h2-5H,1H3,(H2,9,10);1-2H3. The molecule has 0 aliphatic carbocycles. The summed E-state index contributed by atoms with van der Waals surface area (Å²) in [4.78, 5) is 11.7. The molecule has 1 aromatic rings. The van der Waals surface area contributed by atoms with E-state index in [4.69, 9.17) is 5.73 Å². The number of carbonyl (C=O) groups is 1. The van der Waals surface area contributed by atoms with Gasteiger partial charge in [-0.15, -0.1) is 11.8 Å². The SMILES string of the molecule is CC.CSc1cccc(C(N)=O)c1. The number of hydrogen-bond donors (Lipinski definition) is 1. The maximum absolute atomic E-state index is 10.7. The van der Waals surface area contributed by atoms with Gasteiger partial charge in [0.15, 0.2) is 0 Å². The van der Waals surface area contributed by atoms with Crippen molar-refractivity contribution < 1.29 is 4.79 Å². The van der Waals surface area contributed by atoms with E-state index >= 15 is 0 Å². The van der Waals surface area contributed by atoms with Crippen molar-refractivity contribution in [3.05, 3.63) is 29.8 Å². The molecule has 1 aromatic carbocycles. The lowest BCUT2D eigenvalue weighted by atomic mass is 10.2. The third kappa shape index (κ3) is 3.99. The van der Waals surface area contributed by atoms with Crippen molar-refractivity contribution in [1.29, 1.82) is 0 Å². The molecular formula is C10H15NOS. The maximum atomic E-state index is 10.7. The average Bonchev–Trinajstić information content (AvgIpc) is 2.21. The fourth-order valence-corrected chi connectivity index (χ4v) is 1.24. The Hall–Kier alpha value is -0.960. The zero-order chi connectivity index (χ0) is 10.3. The van der Waals surface area contributed by atoms with Gasteiger partial charge in [-0.1, -0.05) is 19.9 Å². The van der Waals surface area contributed by atoms with E-state index in [9.17, 15) is 4.79 Å². The number of hydrogen-bond acceptors (Lipinski definition) is 2. The minimum absolute atomic E-state index is 0.374. The lowest BCUT2D eigenvalue weighted by Crippen LogP contribution is -2.10. The van der Waals surface area contributed by atoms with Gasteiger partial charge in [-0.3, -0.25) is 4.79 Å². The molecular weight excluding hydrogens is 182 g/mol. The monoisotopic (exact) mass is 197 g/mol. The van der Waals surface area contributed by atoms with Gasteiger partial charge >= 0.3 is 0 Å². The Bertz CT molecular complexity index is 273. The predicted octanol–water partition coefficient (Wildman–Crippen LogP) is 2.53. The summed E-state index contributed by atoms with van der Waals surface area (Å²) in [6, 6.07) is 7.26. The first-order chi connectivity index (χ1) is 6.24. The van der Waals surface area contributed by atoms with Gasteiger partial charge in [0.25, 0.3) is 0 Å². The molecule has 0 aliphatic heterocycles. The highest BCUT2D eigenvalue weighted by atomic mass is 32.2. The zero-order valence-electron chi connectivity index (χ0n) is 8.20. The number of rotatable bonds is 2. The van der Waals surface area contributed by atoms with Crippen LogP contribution >= 0.6 is 11.8 Å². The van der Waals surface area contributed by atoms with E-state index in [0.29, 0.717) is 5.56 Å². The molecule has 0 aromatic heterocycles. The number of thioether (sulfide) groups is 1. The molecule has 0 heterocycles. The maximum Gasteiger partial charge on any atom is 0.248 e. The van der Waals surface area contributed by atoms with Crippen molar-refractivity contribution in [3.63, 3.8) is 0 Å². The fraction of sp³-hybridized carbons (Fsp3) is 0.300. The molecule has 0 saturated carbocycles. The highest BCUT2D eigenvalue weighted by Gasteiger charge is 1.98. The van der Waals surface area contributed by atoms with Crippen LogP contribution in [0, 0.1) is 0 Å². The average molecular weight is 197 g/mol. The van der Waals surface area contributed by atoms with E-state index in [1.807, 2.05) is 32.2 Å². The molecule has 0 aliphatic rings. The van der Waals surface area contributed by atoms with E-state index in [2.05, 4.69) is 0 Å².